The SMILES string of the molecule is O=C(Nc1ccccc1)c1ccc(P(O)O)cc1. The molecule has 0 bridgehead atoms. The molecule has 2 aromatic carbocycles. The third-order valence-corrected chi connectivity index (χ3v) is 3.15. The summed E-state index contributed by atoms with van der Waals surface area (Å²) in [6.45, 7) is 0. The highest BCUT2D eigenvalue weighted by atomic mass is 31.2. The predicted octanol–water partition coefficient (Wildman–Crippen LogP) is 1.86. The molecule has 0 saturated heterocycles. The quantitative estimate of drug-likeness (QED) is 0.739. The molecule has 0 spiro atoms. The van der Waals surface area contributed by atoms with Crippen molar-refractivity contribution in [1.82, 2.24) is 0 Å². The average molecular weight is 261 g/mol. The van der Waals surface area contributed by atoms with Crippen LogP contribution in [0, 0.1) is 0 Å². The fourth-order valence-corrected chi connectivity index (χ4v) is 1.89. The van der Waals surface area contributed by atoms with Crippen LogP contribution in [-0.2, 0) is 0 Å². The highest BCUT2D eigenvalue weighted by Crippen LogP contribution is 2.21. The second kappa shape index (κ2) is 5.74. The number of benzene rings is 2. The zero-order chi connectivity index (χ0) is 13.0. The maximum Gasteiger partial charge on any atom is 0.255 e. The van der Waals surface area contributed by atoms with Crippen molar-refractivity contribution in [2.24, 2.45) is 0 Å². The largest absolute Gasteiger partial charge is 0.347 e. The topological polar surface area (TPSA) is 69.6 Å². The first-order chi connectivity index (χ1) is 8.66. The van der Waals surface area contributed by atoms with E-state index in [2.05, 4.69) is 5.32 Å². The standard InChI is InChI=1S/C13H12NO3P/c15-13(14-11-4-2-1-3-5-11)10-6-8-12(9-7-10)18(16)17/h1-9,16-17H,(H,14,15). The molecule has 5 heteroatoms. The summed E-state index contributed by atoms with van der Waals surface area (Å²) in [4.78, 5) is 29.9. The monoisotopic (exact) mass is 261 g/mol. The van der Waals surface area contributed by atoms with E-state index in [0.29, 0.717) is 10.9 Å². The van der Waals surface area contributed by atoms with Gasteiger partial charge in [0.1, 0.15) is 0 Å². The molecule has 18 heavy (non-hydrogen) atoms. The Morgan fingerprint density at radius 2 is 1.56 bits per heavy atom. The fourth-order valence-electron chi connectivity index (χ4n) is 1.47. The van der Waals surface area contributed by atoms with Crippen molar-refractivity contribution in [3.05, 3.63) is 60.2 Å². The number of amides is 1. The molecule has 0 aliphatic heterocycles. The Balaban J connectivity index is 2.10. The third kappa shape index (κ3) is 3.14. The Kier molecular flexibility index (Phi) is 4.05. The summed E-state index contributed by atoms with van der Waals surface area (Å²) < 4.78 is 0. The van der Waals surface area contributed by atoms with Gasteiger partial charge in [-0.3, -0.25) is 4.79 Å². The van der Waals surface area contributed by atoms with Crippen molar-refractivity contribution in [3.8, 4) is 0 Å². The highest BCUT2D eigenvalue weighted by Gasteiger charge is 2.08. The van der Waals surface area contributed by atoms with Gasteiger partial charge in [-0.05, 0) is 36.4 Å². The van der Waals surface area contributed by atoms with Crippen molar-refractivity contribution >= 4 is 25.3 Å². The molecule has 2 aromatic rings. The third-order valence-electron chi connectivity index (χ3n) is 2.39. The van der Waals surface area contributed by atoms with E-state index in [9.17, 15) is 4.79 Å². The van der Waals surface area contributed by atoms with Crippen molar-refractivity contribution in [2.75, 3.05) is 5.32 Å². The van der Waals surface area contributed by atoms with Gasteiger partial charge in [-0.25, -0.2) is 0 Å². The second-order valence-corrected chi connectivity index (χ2v) is 4.75. The molecule has 0 fully saturated rings. The van der Waals surface area contributed by atoms with Crippen molar-refractivity contribution in [3.63, 3.8) is 0 Å². The van der Waals surface area contributed by atoms with Crippen LogP contribution in [0.15, 0.2) is 54.6 Å². The van der Waals surface area contributed by atoms with Crippen LogP contribution >= 0.6 is 8.38 Å². The van der Waals surface area contributed by atoms with Gasteiger partial charge in [-0.1, -0.05) is 18.2 Å². The summed E-state index contributed by atoms with van der Waals surface area (Å²) in [7, 11) is -2.11. The number of carbonyl (C=O) groups is 1. The minimum absolute atomic E-state index is 0.229. The summed E-state index contributed by atoms with van der Waals surface area (Å²) in [5.41, 5.74) is 1.19. The Morgan fingerprint density at radius 3 is 2.11 bits per heavy atom. The smallest absolute Gasteiger partial charge is 0.255 e. The van der Waals surface area contributed by atoms with Gasteiger partial charge in [-0.15, -0.1) is 0 Å². The molecule has 0 atom stereocenters. The van der Waals surface area contributed by atoms with E-state index in [1.165, 1.54) is 12.1 Å². The van der Waals surface area contributed by atoms with Crippen LogP contribution in [0.1, 0.15) is 10.4 Å². The summed E-state index contributed by atoms with van der Waals surface area (Å²) in [5, 5.41) is 3.17. The van der Waals surface area contributed by atoms with E-state index in [-0.39, 0.29) is 5.91 Å². The molecule has 0 saturated carbocycles. The van der Waals surface area contributed by atoms with E-state index in [1.807, 2.05) is 18.2 Å². The van der Waals surface area contributed by atoms with Gasteiger partial charge in [0.25, 0.3) is 5.91 Å². The van der Waals surface area contributed by atoms with Gasteiger partial charge in [0.05, 0.1) is 0 Å². The fraction of sp³-hybridized carbons (Fsp3) is 0. The highest BCUT2D eigenvalue weighted by molar-refractivity contribution is 7.54. The number of hydrogen-bond acceptors (Lipinski definition) is 3. The van der Waals surface area contributed by atoms with Crippen LogP contribution in [0.5, 0.6) is 0 Å². The first-order valence-electron chi connectivity index (χ1n) is 5.31. The minimum Gasteiger partial charge on any atom is -0.347 e. The number of carbonyl (C=O) groups excluding carboxylic acids is 1. The van der Waals surface area contributed by atoms with Crippen LogP contribution in [0.25, 0.3) is 0 Å². The van der Waals surface area contributed by atoms with Crippen molar-refractivity contribution in [1.29, 1.82) is 0 Å². The maximum absolute atomic E-state index is 11.9. The van der Waals surface area contributed by atoms with Gasteiger partial charge in [-0.2, -0.15) is 0 Å². The van der Waals surface area contributed by atoms with Crippen LogP contribution in [0.3, 0.4) is 0 Å². The minimum atomic E-state index is -2.11. The lowest BCUT2D eigenvalue weighted by Gasteiger charge is -2.06. The van der Waals surface area contributed by atoms with E-state index < -0.39 is 8.38 Å². The molecule has 0 aliphatic rings. The van der Waals surface area contributed by atoms with Gasteiger partial charge < -0.3 is 15.1 Å². The zero-order valence-corrected chi connectivity index (χ0v) is 10.3. The van der Waals surface area contributed by atoms with E-state index >= 15 is 0 Å². The van der Waals surface area contributed by atoms with Crippen LogP contribution in [-0.4, -0.2) is 15.7 Å². The molecule has 0 heterocycles. The molecule has 0 unspecified atom stereocenters. The molecule has 0 aliphatic carbocycles. The van der Waals surface area contributed by atoms with Gasteiger partial charge in [0.2, 0.25) is 0 Å². The molecule has 1 amide bonds. The van der Waals surface area contributed by atoms with Crippen molar-refractivity contribution in [2.45, 2.75) is 0 Å². The summed E-state index contributed by atoms with van der Waals surface area (Å²) in [5.74, 6) is -0.229. The molecule has 3 N–H and O–H groups in total. The normalized spacial score (nSPS) is 10.4. The Labute approximate surface area is 106 Å². The number of nitrogens with one attached hydrogen (secondary N) is 1. The van der Waals surface area contributed by atoms with E-state index in [0.717, 1.165) is 5.69 Å². The van der Waals surface area contributed by atoms with Crippen LogP contribution < -0.4 is 10.6 Å². The molecule has 2 rings (SSSR count). The molecular weight excluding hydrogens is 249 g/mol. The van der Waals surface area contributed by atoms with E-state index in [4.69, 9.17) is 9.79 Å². The number of para-hydroxylation sites is 1. The lowest BCUT2D eigenvalue weighted by molar-refractivity contribution is 0.102. The van der Waals surface area contributed by atoms with E-state index in [1.54, 1.807) is 24.3 Å². The van der Waals surface area contributed by atoms with Crippen LogP contribution in [0.4, 0.5) is 5.69 Å². The lowest BCUT2D eigenvalue weighted by atomic mass is 10.2. The summed E-state index contributed by atoms with van der Waals surface area (Å²) in [6.07, 6.45) is 0. The number of rotatable bonds is 3. The Bertz CT molecular complexity index is 526. The average Bonchev–Trinajstić information content (AvgIpc) is 2.40. The molecule has 4 nitrogen and oxygen atoms in total. The maximum atomic E-state index is 11.9. The van der Waals surface area contributed by atoms with Crippen molar-refractivity contribution < 1.29 is 14.6 Å². The number of anilines is 1. The van der Waals surface area contributed by atoms with Crippen LogP contribution in [0.2, 0.25) is 0 Å². The Morgan fingerprint density at radius 1 is 0.944 bits per heavy atom. The molecule has 0 aromatic heterocycles. The Hall–Kier alpha value is -1.74. The molecule has 0 radical (unpaired) electrons. The van der Waals surface area contributed by atoms with Gasteiger partial charge in [0, 0.05) is 16.6 Å². The molecule has 92 valence electrons. The summed E-state index contributed by atoms with van der Waals surface area (Å²) in [6, 6.07) is 15.3. The molecular formula is C13H12NO3P. The second-order valence-electron chi connectivity index (χ2n) is 3.66. The van der Waals surface area contributed by atoms with Gasteiger partial charge in [0.15, 0.2) is 8.38 Å². The zero-order valence-electron chi connectivity index (χ0n) is 9.45. The number of hydrogen-bond donors (Lipinski definition) is 3. The first-order valence-corrected chi connectivity index (χ1v) is 6.56. The van der Waals surface area contributed by atoms with Gasteiger partial charge >= 0.3 is 0 Å². The lowest BCUT2D eigenvalue weighted by Crippen LogP contribution is -2.12. The summed E-state index contributed by atoms with van der Waals surface area (Å²) >= 11 is 0. The predicted molar refractivity (Wildman–Crippen MR) is 71.8 cm³/mol. The first kappa shape index (κ1) is 12.7.